The predicted octanol–water partition coefficient (Wildman–Crippen LogP) is 3.07. The molecule has 4 rings (SSSR count). The first-order chi connectivity index (χ1) is 12.8. The van der Waals surface area contributed by atoms with Crippen molar-refractivity contribution in [1.29, 1.82) is 0 Å². The van der Waals surface area contributed by atoms with Crippen LogP contribution in [0.15, 0.2) is 61.2 Å². The van der Waals surface area contributed by atoms with Crippen LogP contribution in [-0.2, 0) is 24.4 Å². The lowest BCUT2D eigenvalue weighted by Gasteiger charge is -2.34. The molecule has 5 nitrogen and oxygen atoms in total. The second-order valence-corrected chi connectivity index (χ2v) is 6.75. The highest BCUT2D eigenvalue weighted by Gasteiger charge is 2.29. The molecule has 1 aliphatic heterocycles. The lowest BCUT2D eigenvalue weighted by Crippen LogP contribution is -2.35. The van der Waals surface area contributed by atoms with Crippen LogP contribution in [0, 0.1) is 0 Å². The predicted molar refractivity (Wildman–Crippen MR) is 101 cm³/mol. The Morgan fingerprint density at radius 3 is 2.81 bits per heavy atom. The maximum Gasteiger partial charge on any atom is 0.117 e. The summed E-state index contributed by atoms with van der Waals surface area (Å²) in [7, 11) is 1.74. The Balaban J connectivity index is 1.64. The molecule has 1 aliphatic rings. The van der Waals surface area contributed by atoms with Crippen LogP contribution in [0.25, 0.3) is 0 Å². The molecule has 134 valence electrons. The number of rotatable bonds is 6. The Bertz CT molecular complexity index is 846. The fraction of sp³-hybridized carbons (Fsp3) is 0.333. The average molecular weight is 348 g/mol. The van der Waals surface area contributed by atoms with Crippen LogP contribution in [0.2, 0.25) is 0 Å². The fourth-order valence-electron chi connectivity index (χ4n) is 3.78. The summed E-state index contributed by atoms with van der Waals surface area (Å²) in [5.74, 6) is 1.39. The highest BCUT2D eigenvalue weighted by molar-refractivity contribution is 5.37. The van der Waals surface area contributed by atoms with Crippen LogP contribution in [0.1, 0.15) is 28.4 Å². The number of hydrogen-bond donors (Lipinski definition) is 0. The molecule has 0 aliphatic carbocycles. The smallest absolute Gasteiger partial charge is 0.117 e. The molecular formula is C21H24N4O. The Hall–Kier alpha value is -2.50. The quantitative estimate of drug-likeness (QED) is 0.687. The van der Waals surface area contributed by atoms with Crippen molar-refractivity contribution >= 4 is 0 Å². The molecule has 0 radical (unpaired) electrons. The van der Waals surface area contributed by atoms with Crippen LogP contribution in [0.3, 0.4) is 0 Å². The Morgan fingerprint density at radius 2 is 1.96 bits per heavy atom. The number of imidazole rings is 1. The maximum atomic E-state index is 5.26. The lowest BCUT2D eigenvalue weighted by molar-refractivity contribution is 0.184. The largest absolute Gasteiger partial charge is 0.383 e. The lowest BCUT2D eigenvalue weighted by atomic mass is 9.88. The van der Waals surface area contributed by atoms with Crippen molar-refractivity contribution in [1.82, 2.24) is 19.4 Å². The van der Waals surface area contributed by atoms with Crippen molar-refractivity contribution in [2.45, 2.75) is 25.6 Å². The van der Waals surface area contributed by atoms with Gasteiger partial charge in [-0.1, -0.05) is 24.3 Å². The first-order valence-corrected chi connectivity index (χ1v) is 9.04. The number of aromatic nitrogens is 3. The zero-order valence-corrected chi connectivity index (χ0v) is 15.1. The fourth-order valence-corrected chi connectivity index (χ4v) is 3.78. The van der Waals surface area contributed by atoms with Gasteiger partial charge in [0.05, 0.1) is 12.5 Å². The molecule has 0 amide bonds. The zero-order chi connectivity index (χ0) is 17.8. The Labute approximate surface area is 154 Å². The van der Waals surface area contributed by atoms with Crippen LogP contribution in [-0.4, -0.2) is 39.7 Å². The molecule has 3 heterocycles. The Morgan fingerprint density at radius 1 is 1.12 bits per heavy atom. The second-order valence-electron chi connectivity index (χ2n) is 6.75. The minimum Gasteiger partial charge on any atom is -0.383 e. The summed E-state index contributed by atoms with van der Waals surface area (Å²) in [6, 6.07) is 12.9. The van der Waals surface area contributed by atoms with E-state index in [2.05, 4.69) is 57.0 Å². The van der Waals surface area contributed by atoms with Crippen molar-refractivity contribution in [3.63, 3.8) is 0 Å². The van der Waals surface area contributed by atoms with Gasteiger partial charge in [0.1, 0.15) is 5.82 Å². The van der Waals surface area contributed by atoms with E-state index >= 15 is 0 Å². The molecule has 1 unspecified atom stereocenters. The van der Waals surface area contributed by atoms with Gasteiger partial charge in [-0.25, -0.2) is 4.98 Å². The van der Waals surface area contributed by atoms with Crippen molar-refractivity contribution in [2.24, 2.45) is 0 Å². The molecular weight excluding hydrogens is 324 g/mol. The second kappa shape index (κ2) is 7.81. The number of fused-ring (bicyclic) bond motifs is 1. The number of ether oxygens (including phenoxy) is 1. The van der Waals surface area contributed by atoms with Gasteiger partial charge in [-0.05, 0) is 28.8 Å². The molecule has 1 aromatic carbocycles. The van der Waals surface area contributed by atoms with Gasteiger partial charge in [0.15, 0.2) is 0 Å². The summed E-state index contributed by atoms with van der Waals surface area (Å²) < 4.78 is 7.49. The molecule has 0 saturated carbocycles. The number of hydrogen-bond acceptors (Lipinski definition) is 4. The van der Waals surface area contributed by atoms with Crippen LogP contribution >= 0.6 is 0 Å². The van der Waals surface area contributed by atoms with Gasteiger partial charge in [0, 0.05) is 58.1 Å². The summed E-state index contributed by atoms with van der Waals surface area (Å²) in [6.07, 6.45) is 7.68. The third kappa shape index (κ3) is 3.54. The van der Waals surface area contributed by atoms with Crippen LogP contribution in [0.4, 0.5) is 0 Å². The summed E-state index contributed by atoms with van der Waals surface area (Å²) in [5.41, 5.74) is 4.07. The van der Waals surface area contributed by atoms with E-state index in [1.807, 2.05) is 18.6 Å². The standard InChI is InChI=1S/C21H24N4O/c1-26-13-12-25-11-10-23-21(25)20-16-24(14-17-6-8-22-9-7-17)15-18-4-2-3-5-19(18)20/h2-11,20H,12-16H2,1H3. The minimum absolute atomic E-state index is 0.272. The molecule has 1 atom stereocenters. The van der Waals surface area contributed by atoms with Gasteiger partial charge < -0.3 is 9.30 Å². The van der Waals surface area contributed by atoms with Gasteiger partial charge >= 0.3 is 0 Å². The SMILES string of the molecule is COCCn1ccnc1C1CN(Cc2ccncc2)Cc2ccccc21. The van der Waals surface area contributed by atoms with Gasteiger partial charge in [-0.2, -0.15) is 0 Å². The van der Waals surface area contributed by atoms with Crippen LogP contribution in [0.5, 0.6) is 0 Å². The number of nitrogens with zero attached hydrogens (tertiary/aromatic N) is 4. The monoisotopic (exact) mass is 348 g/mol. The molecule has 0 spiro atoms. The zero-order valence-electron chi connectivity index (χ0n) is 15.1. The molecule has 0 N–H and O–H groups in total. The van der Waals surface area contributed by atoms with Crippen molar-refractivity contribution in [3.8, 4) is 0 Å². The molecule has 2 aromatic heterocycles. The summed E-state index contributed by atoms with van der Waals surface area (Å²) in [6.45, 7) is 4.37. The van der Waals surface area contributed by atoms with E-state index in [0.717, 1.165) is 32.0 Å². The van der Waals surface area contributed by atoms with Gasteiger partial charge in [-0.15, -0.1) is 0 Å². The first kappa shape index (κ1) is 16.9. The molecule has 0 fully saturated rings. The summed E-state index contributed by atoms with van der Waals surface area (Å²) >= 11 is 0. The highest BCUT2D eigenvalue weighted by Crippen LogP contribution is 2.33. The normalized spacial score (nSPS) is 17.2. The maximum absolute atomic E-state index is 5.26. The molecule has 0 saturated heterocycles. The van der Waals surface area contributed by atoms with Crippen molar-refractivity contribution < 1.29 is 4.74 Å². The summed E-state index contributed by atoms with van der Waals surface area (Å²) in [5, 5.41) is 0. The molecule has 26 heavy (non-hydrogen) atoms. The number of pyridine rings is 1. The Kier molecular flexibility index (Phi) is 5.09. The number of methoxy groups -OCH3 is 1. The first-order valence-electron chi connectivity index (χ1n) is 9.04. The molecule has 5 heteroatoms. The summed E-state index contributed by atoms with van der Waals surface area (Å²) in [4.78, 5) is 11.3. The average Bonchev–Trinajstić information content (AvgIpc) is 3.15. The number of benzene rings is 1. The van der Waals surface area contributed by atoms with Crippen molar-refractivity contribution in [2.75, 3.05) is 20.3 Å². The van der Waals surface area contributed by atoms with E-state index in [9.17, 15) is 0 Å². The van der Waals surface area contributed by atoms with E-state index in [4.69, 9.17) is 9.72 Å². The van der Waals surface area contributed by atoms with E-state index in [-0.39, 0.29) is 5.92 Å². The van der Waals surface area contributed by atoms with Gasteiger partial charge in [0.2, 0.25) is 0 Å². The van der Waals surface area contributed by atoms with Gasteiger partial charge in [0.25, 0.3) is 0 Å². The van der Waals surface area contributed by atoms with Gasteiger partial charge in [-0.3, -0.25) is 9.88 Å². The third-order valence-corrected chi connectivity index (χ3v) is 5.02. The van der Waals surface area contributed by atoms with Crippen LogP contribution < -0.4 is 0 Å². The minimum atomic E-state index is 0.272. The topological polar surface area (TPSA) is 43.2 Å². The third-order valence-electron chi connectivity index (χ3n) is 5.02. The molecule has 0 bridgehead atoms. The van der Waals surface area contributed by atoms with E-state index in [1.54, 1.807) is 7.11 Å². The van der Waals surface area contributed by atoms with E-state index in [1.165, 1.54) is 16.7 Å². The highest BCUT2D eigenvalue weighted by atomic mass is 16.5. The van der Waals surface area contributed by atoms with Crippen molar-refractivity contribution in [3.05, 3.63) is 83.7 Å². The molecule has 3 aromatic rings. The van der Waals surface area contributed by atoms with E-state index < -0.39 is 0 Å². The van der Waals surface area contributed by atoms with E-state index in [0.29, 0.717) is 6.61 Å².